The number of hydrogen-bond acceptors (Lipinski definition) is 6. The Labute approximate surface area is 147 Å². The van der Waals surface area contributed by atoms with Crippen molar-refractivity contribution in [3.8, 4) is 0 Å². The second kappa shape index (κ2) is 8.22. The number of ether oxygens (including phenoxy) is 1. The molecular formula is C18H24N4O3. The lowest BCUT2D eigenvalue weighted by Gasteiger charge is -2.34. The maximum absolute atomic E-state index is 12.0. The number of amides is 1. The lowest BCUT2D eigenvalue weighted by molar-refractivity contribution is -0.120. The second-order valence-corrected chi connectivity index (χ2v) is 6.49. The minimum atomic E-state index is -0.121. The summed E-state index contributed by atoms with van der Waals surface area (Å²) in [6.45, 7) is 6.85. The fraction of sp³-hybridized carbons (Fsp3) is 0.500. The third kappa shape index (κ3) is 5.37. The van der Waals surface area contributed by atoms with Crippen molar-refractivity contribution in [3.63, 3.8) is 0 Å². The number of hydrogen-bond donors (Lipinski definition) is 1. The first kappa shape index (κ1) is 17.6. The van der Waals surface area contributed by atoms with E-state index < -0.39 is 0 Å². The molecule has 0 saturated carbocycles. The summed E-state index contributed by atoms with van der Waals surface area (Å²) in [7, 11) is 0. The van der Waals surface area contributed by atoms with Gasteiger partial charge in [-0.1, -0.05) is 35.5 Å². The number of carbonyl (C=O) groups excluding carboxylic acids is 1. The summed E-state index contributed by atoms with van der Waals surface area (Å²) in [4.78, 5) is 18.6. The third-order valence-electron chi connectivity index (χ3n) is 4.02. The molecule has 1 aliphatic rings. The summed E-state index contributed by atoms with van der Waals surface area (Å²) >= 11 is 0. The molecule has 0 unspecified atom stereocenters. The molecule has 1 saturated heterocycles. The van der Waals surface area contributed by atoms with Gasteiger partial charge < -0.3 is 14.6 Å². The van der Waals surface area contributed by atoms with Crippen molar-refractivity contribution in [3.05, 3.63) is 47.6 Å². The summed E-state index contributed by atoms with van der Waals surface area (Å²) < 4.78 is 11.0. The summed E-state index contributed by atoms with van der Waals surface area (Å²) in [5.74, 6) is 0.826. The first-order chi connectivity index (χ1) is 12.1. The maximum Gasteiger partial charge on any atom is 0.240 e. The van der Waals surface area contributed by atoms with Gasteiger partial charge >= 0.3 is 0 Å². The van der Waals surface area contributed by atoms with Crippen LogP contribution >= 0.6 is 0 Å². The zero-order valence-corrected chi connectivity index (χ0v) is 14.6. The van der Waals surface area contributed by atoms with Gasteiger partial charge in [0.15, 0.2) is 5.82 Å². The minimum absolute atomic E-state index is 0.117. The molecule has 7 heteroatoms. The third-order valence-corrected chi connectivity index (χ3v) is 4.02. The van der Waals surface area contributed by atoms with Crippen LogP contribution in [0.4, 0.5) is 0 Å². The van der Waals surface area contributed by atoms with Crippen molar-refractivity contribution in [1.82, 2.24) is 20.4 Å². The van der Waals surface area contributed by atoms with Crippen molar-refractivity contribution in [1.29, 1.82) is 0 Å². The maximum atomic E-state index is 12.0. The largest absolute Gasteiger partial charge is 0.373 e. The fourth-order valence-corrected chi connectivity index (χ4v) is 3.03. The van der Waals surface area contributed by atoms with Crippen LogP contribution in [-0.4, -0.2) is 46.2 Å². The van der Waals surface area contributed by atoms with Gasteiger partial charge in [0.25, 0.3) is 0 Å². The normalized spacial score (nSPS) is 21.2. The quantitative estimate of drug-likeness (QED) is 0.856. The first-order valence-electron chi connectivity index (χ1n) is 8.58. The molecule has 2 atom stereocenters. The number of nitrogens with one attached hydrogen (secondary N) is 1. The van der Waals surface area contributed by atoms with Crippen LogP contribution in [0.5, 0.6) is 0 Å². The van der Waals surface area contributed by atoms with Gasteiger partial charge in [-0.05, 0) is 19.4 Å². The molecule has 0 radical (unpaired) electrons. The number of aromatic nitrogens is 2. The Kier molecular flexibility index (Phi) is 5.78. The smallest absolute Gasteiger partial charge is 0.240 e. The monoisotopic (exact) mass is 344 g/mol. The van der Waals surface area contributed by atoms with Crippen LogP contribution in [0, 0.1) is 0 Å². The lowest BCUT2D eigenvalue weighted by atomic mass is 10.2. The minimum Gasteiger partial charge on any atom is -0.373 e. The Morgan fingerprint density at radius 1 is 1.24 bits per heavy atom. The fourth-order valence-electron chi connectivity index (χ4n) is 3.03. The zero-order chi connectivity index (χ0) is 17.6. The summed E-state index contributed by atoms with van der Waals surface area (Å²) in [5.41, 5.74) is 1.06. The van der Waals surface area contributed by atoms with E-state index in [-0.39, 0.29) is 24.5 Å². The van der Waals surface area contributed by atoms with Crippen LogP contribution < -0.4 is 5.32 Å². The van der Waals surface area contributed by atoms with Gasteiger partial charge in [-0.25, -0.2) is 0 Å². The van der Waals surface area contributed by atoms with Crippen LogP contribution in [0.3, 0.4) is 0 Å². The number of morpholine rings is 1. The summed E-state index contributed by atoms with van der Waals surface area (Å²) in [5, 5.41) is 6.77. The molecule has 25 heavy (non-hydrogen) atoms. The van der Waals surface area contributed by atoms with E-state index in [0.29, 0.717) is 24.8 Å². The predicted octanol–water partition coefficient (Wildman–Crippen LogP) is 1.54. The molecule has 1 aromatic carbocycles. The Morgan fingerprint density at radius 2 is 1.96 bits per heavy atom. The molecule has 2 heterocycles. The van der Waals surface area contributed by atoms with Gasteiger partial charge in [-0.2, -0.15) is 4.98 Å². The summed E-state index contributed by atoms with van der Waals surface area (Å²) in [6.07, 6.45) is 0.497. The molecule has 0 spiro atoms. The van der Waals surface area contributed by atoms with Gasteiger partial charge in [0.1, 0.15) is 0 Å². The molecule has 1 aliphatic heterocycles. The highest BCUT2D eigenvalue weighted by molar-refractivity contribution is 5.77. The van der Waals surface area contributed by atoms with Gasteiger partial charge in [0.2, 0.25) is 11.8 Å². The average molecular weight is 344 g/mol. The lowest BCUT2D eigenvalue weighted by Crippen LogP contribution is -2.44. The second-order valence-electron chi connectivity index (χ2n) is 6.49. The predicted molar refractivity (Wildman–Crippen MR) is 91.6 cm³/mol. The molecule has 1 aromatic heterocycles. The van der Waals surface area contributed by atoms with Crippen LogP contribution in [0.15, 0.2) is 34.9 Å². The van der Waals surface area contributed by atoms with Gasteiger partial charge in [0, 0.05) is 19.6 Å². The van der Waals surface area contributed by atoms with Crippen LogP contribution in [0.25, 0.3) is 0 Å². The van der Waals surface area contributed by atoms with Gasteiger partial charge in [0.05, 0.1) is 25.2 Å². The van der Waals surface area contributed by atoms with Crippen molar-refractivity contribution in [2.75, 3.05) is 13.1 Å². The molecule has 0 bridgehead atoms. The van der Waals surface area contributed by atoms with E-state index in [0.717, 1.165) is 18.7 Å². The van der Waals surface area contributed by atoms with E-state index in [9.17, 15) is 4.79 Å². The Hall–Kier alpha value is -2.25. The van der Waals surface area contributed by atoms with Crippen LogP contribution in [-0.2, 0) is 29.0 Å². The standard InChI is InChI=1S/C18H24N4O3/c1-13-10-22(11-14(2)24-13)12-18-20-16(21-25-18)8-17(23)19-9-15-6-4-3-5-7-15/h3-7,13-14H,8-12H2,1-2H3,(H,19,23)/t13-,14+. The van der Waals surface area contributed by atoms with E-state index in [1.165, 1.54) is 0 Å². The van der Waals surface area contributed by atoms with Crippen molar-refractivity contribution in [2.45, 2.75) is 45.6 Å². The number of carbonyl (C=O) groups is 1. The van der Waals surface area contributed by atoms with E-state index in [2.05, 4.69) is 34.2 Å². The highest BCUT2D eigenvalue weighted by atomic mass is 16.5. The number of nitrogens with zero attached hydrogens (tertiary/aromatic N) is 3. The highest BCUT2D eigenvalue weighted by Crippen LogP contribution is 2.13. The zero-order valence-electron chi connectivity index (χ0n) is 14.6. The molecule has 1 fully saturated rings. The van der Waals surface area contributed by atoms with Crippen LogP contribution in [0.1, 0.15) is 31.1 Å². The SMILES string of the molecule is C[C@@H]1CN(Cc2nc(CC(=O)NCc3ccccc3)no2)C[C@H](C)O1. The van der Waals surface area contributed by atoms with E-state index in [1.54, 1.807) is 0 Å². The molecule has 134 valence electrons. The van der Waals surface area contributed by atoms with Crippen molar-refractivity contribution >= 4 is 5.91 Å². The highest BCUT2D eigenvalue weighted by Gasteiger charge is 2.24. The molecule has 1 amide bonds. The Bertz CT molecular complexity index is 679. The van der Waals surface area contributed by atoms with E-state index >= 15 is 0 Å². The summed E-state index contributed by atoms with van der Waals surface area (Å²) in [6, 6.07) is 9.77. The van der Waals surface area contributed by atoms with E-state index in [4.69, 9.17) is 9.26 Å². The molecule has 1 N–H and O–H groups in total. The van der Waals surface area contributed by atoms with Crippen molar-refractivity contribution in [2.24, 2.45) is 0 Å². The van der Waals surface area contributed by atoms with Gasteiger partial charge in [-0.3, -0.25) is 9.69 Å². The molecule has 7 nitrogen and oxygen atoms in total. The first-order valence-corrected chi connectivity index (χ1v) is 8.58. The van der Waals surface area contributed by atoms with E-state index in [1.807, 2.05) is 30.3 Å². The Balaban J connectivity index is 1.47. The molecular weight excluding hydrogens is 320 g/mol. The molecule has 2 aromatic rings. The van der Waals surface area contributed by atoms with Crippen LogP contribution in [0.2, 0.25) is 0 Å². The topological polar surface area (TPSA) is 80.5 Å². The number of benzene rings is 1. The van der Waals surface area contributed by atoms with Gasteiger partial charge in [-0.15, -0.1) is 0 Å². The number of rotatable bonds is 6. The molecule has 3 rings (SSSR count). The molecule has 0 aliphatic carbocycles. The van der Waals surface area contributed by atoms with Crippen molar-refractivity contribution < 1.29 is 14.1 Å². The average Bonchev–Trinajstić information content (AvgIpc) is 3.00. The Morgan fingerprint density at radius 3 is 2.68 bits per heavy atom.